The molecule has 30 heavy (non-hydrogen) atoms. The molecule has 0 aliphatic heterocycles. The van der Waals surface area contributed by atoms with Gasteiger partial charge in [-0.25, -0.2) is 13.6 Å². The Balaban J connectivity index is 0.000000303. The molecule has 2 aromatic carbocycles. The van der Waals surface area contributed by atoms with Crippen molar-refractivity contribution in [3.63, 3.8) is 0 Å². The number of halogens is 2. The Morgan fingerprint density at radius 2 is 1.00 bits per heavy atom. The molecule has 164 valence electrons. The molecule has 0 unspecified atom stereocenters. The minimum absolute atomic E-state index is 0.125. The first kappa shape index (κ1) is 25.5. The molecule has 0 heterocycles. The van der Waals surface area contributed by atoms with Crippen LogP contribution in [0.3, 0.4) is 0 Å². The molecule has 0 aliphatic carbocycles. The maximum Gasteiger partial charge on any atom is 0.240 e. The summed E-state index contributed by atoms with van der Waals surface area (Å²) in [6, 6.07) is 5.94. The number of anilines is 1. The van der Waals surface area contributed by atoms with Gasteiger partial charge in [0.1, 0.15) is 11.6 Å². The standard InChI is InChI=1S/C13H16FNO.C12H18FN/c1-8(2)11-5-10(14)6-12(9(3)4)13(11)15-7-16;1-7(2)10-5-9(13)6-11(8(3)4)12(10)14/h5-6,8-9H,1-4H3;5-8H,14H2,1-4H3. The van der Waals surface area contributed by atoms with Crippen LogP contribution < -0.4 is 5.73 Å². The van der Waals surface area contributed by atoms with Crippen LogP contribution in [0.4, 0.5) is 20.2 Å². The van der Waals surface area contributed by atoms with Crippen LogP contribution in [-0.4, -0.2) is 6.08 Å². The normalized spacial score (nSPS) is 11.0. The van der Waals surface area contributed by atoms with Gasteiger partial charge in [-0.1, -0.05) is 55.4 Å². The van der Waals surface area contributed by atoms with Gasteiger partial charge in [-0.3, -0.25) is 0 Å². The number of nitrogen functional groups attached to an aromatic ring is 1. The topological polar surface area (TPSA) is 55.4 Å². The van der Waals surface area contributed by atoms with E-state index in [1.54, 1.807) is 6.08 Å². The Bertz CT molecular complexity index is 853. The highest BCUT2D eigenvalue weighted by atomic mass is 19.1. The van der Waals surface area contributed by atoms with E-state index in [-0.39, 0.29) is 35.3 Å². The van der Waals surface area contributed by atoms with E-state index in [2.05, 4.69) is 4.99 Å². The van der Waals surface area contributed by atoms with Crippen molar-refractivity contribution < 1.29 is 13.6 Å². The number of nitrogens with two attached hydrogens (primary N) is 1. The summed E-state index contributed by atoms with van der Waals surface area (Å²) in [4.78, 5) is 14.1. The summed E-state index contributed by atoms with van der Waals surface area (Å²) in [6.45, 7) is 15.9. The highest BCUT2D eigenvalue weighted by Crippen LogP contribution is 2.35. The van der Waals surface area contributed by atoms with Gasteiger partial charge in [0.15, 0.2) is 0 Å². The molecule has 2 rings (SSSR count). The van der Waals surface area contributed by atoms with Crippen molar-refractivity contribution in [2.75, 3.05) is 5.73 Å². The average Bonchev–Trinajstić information content (AvgIpc) is 2.64. The van der Waals surface area contributed by atoms with Gasteiger partial charge in [-0.2, -0.15) is 4.99 Å². The van der Waals surface area contributed by atoms with Gasteiger partial charge in [0, 0.05) is 5.69 Å². The summed E-state index contributed by atoms with van der Waals surface area (Å²) >= 11 is 0. The SMILES string of the molecule is CC(C)c1cc(F)cc(C(C)C)c1N.CC(C)c1cc(F)cc(C(C)C)c1N=C=O. The number of nitrogens with zero attached hydrogens (tertiary/aromatic N) is 1. The second-order valence-electron chi connectivity index (χ2n) is 8.75. The van der Waals surface area contributed by atoms with Crippen LogP contribution in [0.15, 0.2) is 29.3 Å². The van der Waals surface area contributed by atoms with Gasteiger partial charge in [0.05, 0.1) is 5.69 Å². The van der Waals surface area contributed by atoms with Crippen molar-refractivity contribution in [2.45, 2.75) is 79.1 Å². The molecule has 0 aliphatic rings. The minimum atomic E-state index is -0.280. The highest BCUT2D eigenvalue weighted by molar-refractivity contribution is 5.61. The van der Waals surface area contributed by atoms with E-state index >= 15 is 0 Å². The van der Waals surface area contributed by atoms with Crippen molar-refractivity contribution in [1.29, 1.82) is 0 Å². The maximum absolute atomic E-state index is 13.4. The summed E-state index contributed by atoms with van der Waals surface area (Å²) in [6.07, 6.45) is 1.55. The highest BCUT2D eigenvalue weighted by Gasteiger charge is 2.16. The number of benzene rings is 2. The first-order valence-corrected chi connectivity index (χ1v) is 10.4. The van der Waals surface area contributed by atoms with Crippen molar-refractivity contribution in [2.24, 2.45) is 4.99 Å². The fourth-order valence-corrected chi connectivity index (χ4v) is 3.31. The van der Waals surface area contributed by atoms with Gasteiger partial charge in [0.25, 0.3) is 0 Å². The Morgan fingerprint density at radius 3 is 1.27 bits per heavy atom. The first-order chi connectivity index (χ1) is 13.9. The molecule has 0 radical (unpaired) electrons. The summed E-state index contributed by atoms with van der Waals surface area (Å²) < 4.78 is 26.7. The van der Waals surface area contributed by atoms with E-state index in [4.69, 9.17) is 5.73 Å². The second kappa shape index (κ2) is 11.0. The van der Waals surface area contributed by atoms with Crippen LogP contribution in [0.5, 0.6) is 0 Å². The predicted octanol–water partition coefficient (Wildman–Crippen LogP) is 7.69. The third kappa shape index (κ3) is 6.50. The molecule has 0 aromatic heterocycles. The third-order valence-electron chi connectivity index (χ3n) is 4.99. The Hall–Kier alpha value is -2.52. The van der Waals surface area contributed by atoms with Crippen LogP contribution in [-0.2, 0) is 4.79 Å². The van der Waals surface area contributed by atoms with Crippen molar-refractivity contribution >= 4 is 17.5 Å². The summed E-state index contributed by atoms with van der Waals surface area (Å²) in [5.41, 5.74) is 10.6. The zero-order valence-electron chi connectivity index (χ0n) is 19.3. The molecule has 0 saturated heterocycles. The summed E-state index contributed by atoms with van der Waals surface area (Å²) in [5.74, 6) is 0.316. The Morgan fingerprint density at radius 1 is 0.700 bits per heavy atom. The molecular weight excluding hydrogens is 382 g/mol. The van der Waals surface area contributed by atoms with E-state index in [0.717, 1.165) is 27.9 Å². The number of carbonyl (C=O) groups excluding carboxylic acids is 1. The molecule has 0 saturated carbocycles. The van der Waals surface area contributed by atoms with Gasteiger partial charge in [0.2, 0.25) is 6.08 Å². The van der Waals surface area contributed by atoms with Crippen LogP contribution in [0.1, 0.15) is 101 Å². The van der Waals surface area contributed by atoms with E-state index in [0.29, 0.717) is 5.69 Å². The lowest BCUT2D eigenvalue weighted by molar-refractivity contribution is 0.565. The molecule has 0 atom stereocenters. The van der Waals surface area contributed by atoms with E-state index in [9.17, 15) is 13.6 Å². The zero-order valence-corrected chi connectivity index (χ0v) is 19.3. The largest absolute Gasteiger partial charge is 0.398 e. The fourth-order valence-electron chi connectivity index (χ4n) is 3.31. The van der Waals surface area contributed by atoms with Gasteiger partial charge < -0.3 is 5.73 Å². The molecule has 3 nitrogen and oxygen atoms in total. The second-order valence-corrected chi connectivity index (χ2v) is 8.75. The van der Waals surface area contributed by atoms with E-state index < -0.39 is 0 Å². The number of isocyanates is 1. The van der Waals surface area contributed by atoms with Crippen LogP contribution in [0.25, 0.3) is 0 Å². The quantitative estimate of drug-likeness (QED) is 0.308. The number of rotatable bonds is 5. The number of hydrogen-bond donors (Lipinski definition) is 1. The van der Waals surface area contributed by atoms with E-state index in [1.165, 1.54) is 24.3 Å². The molecule has 0 fully saturated rings. The fraction of sp³-hybridized carbons (Fsp3) is 0.480. The molecule has 2 aromatic rings. The lowest BCUT2D eigenvalue weighted by Gasteiger charge is -2.16. The molecular formula is C25H34F2N2O. The van der Waals surface area contributed by atoms with Crippen molar-refractivity contribution in [3.05, 3.63) is 58.2 Å². The average molecular weight is 417 g/mol. The minimum Gasteiger partial charge on any atom is -0.398 e. The summed E-state index contributed by atoms with van der Waals surface area (Å²) in [5, 5.41) is 0. The predicted molar refractivity (Wildman–Crippen MR) is 121 cm³/mol. The Labute approximate surface area is 179 Å². The molecule has 0 bridgehead atoms. The number of aliphatic imine (C=N–C) groups is 1. The van der Waals surface area contributed by atoms with Crippen molar-refractivity contribution in [1.82, 2.24) is 0 Å². The summed E-state index contributed by atoms with van der Waals surface area (Å²) in [7, 11) is 0. The monoisotopic (exact) mass is 416 g/mol. The van der Waals surface area contributed by atoms with Crippen LogP contribution in [0.2, 0.25) is 0 Å². The number of hydrogen-bond acceptors (Lipinski definition) is 3. The van der Waals surface area contributed by atoms with Gasteiger partial charge in [-0.05, 0) is 70.2 Å². The Kier molecular flexibility index (Phi) is 9.38. The van der Waals surface area contributed by atoms with Crippen LogP contribution in [0, 0.1) is 11.6 Å². The molecule has 0 amide bonds. The van der Waals surface area contributed by atoms with Gasteiger partial charge >= 0.3 is 0 Å². The van der Waals surface area contributed by atoms with Crippen LogP contribution >= 0.6 is 0 Å². The zero-order chi connectivity index (χ0) is 23.2. The molecule has 2 N–H and O–H groups in total. The lowest BCUT2D eigenvalue weighted by Crippen LogP contribution is -2.04. The van der Waals surface area contributed by atoms with E-state index in [1.807, 2.05) is 55.4 Å². The van der Waals surface area contributed by atoms with Crippen molar-refractivity contribution in [3.8, 4) is 0 Å². The lowest BCUT2D eigenvalue weighted by atomic mass is 9.92. The van der Waals surface area contributed by atoms with Gasteiger partial charge in [-0.15, -0.1) is 0 Å². The first-order valence-electron chi connectivity index (χ1n) is 10.4. The smallest absolute Gasteiger partial charge is 0.240 e. The third-order valence-corrected chi connectivity index (χ3v) is 4.99. The molecule has 5 heteroatoms. The molecule has 0 spiro atoms. The maximum atomic E-state index is 13.4.